The van der Waals surface area contributed by atoms with E-state index in [1.165, 1.54) is 0 Å². The average Bonchev–Trinajstić information content (AvgIpc) is 3.55. The van der Waals surface area contributed by atoms with Crippen molar-refractivity contribution in [2.45, 2.75) is 31.2 Å². The van der Waals surface area contributed by atoms with Gasteiger partial charge in [0, 0.05) is 49.9 Å². The molecule has 40 heavy (non-hydrogen) atoms. The van der Waals surface area contributed by atoms with Crippen LogP contribution in [0.2, 0.25) is 5.02 Å². The summed E-state index contributed by atoms with van der Waals surface area (Å²) < 4.78 is 14.8. The lowest BCUT2D eigenvalue weighted by molar-refractivity contribution is -0.132. The van der Waals surface area contributed by atoms with E-state index in [0.29, 0.717) is 42.5 Å². The van der Waals surface area contributed by atoms with Crippen LogP contribution in [-0.2, 0) is 4.79 Å². The number of nitrogens with one attached hydrogen (secondary N) is 1. The van der Waals surface area contributed by atoms with Crippen molar-refractivity contribution < 1.29 is 14.3 Å². The van der Waals surface area contributed by atoms with E-state index in [4.69, 9.17) is 21.1 Å². The monoisotopic (exact) mass is 559 g/mol. The van der Waals surface area contributed by atoms with E-state index in [2.05, 4.69) is 9.97 Å². The third-order valence-electron chi connectivity index (χ3n) is 7.82. The third-order valence-corrected chi connectivity index (χ3v) is 8.04. The Morgan fingerprint density at radius 1 is 1.07 bits per heavy atom. The number of benzene rings is 2. The summed E-state index contributed by atoms with van der Waals surface area (Å²) >= 11 is 6.33. The minimum Gasteiger partial charge on any atom is -0.497 e. The lowest BCUT2D eigenvalue weighted by Gasteiger charge is -2.33. The maximum atomic E-state index is 13.8. The van der Waals surface area contributed by atoms with E-state index in [0.717, 1.165) is 27.9 Å². The van der Waals surface area contributed by atoms with Crippen molar-refractivity contribution in [2.75, 3.05) is 27.3 Å². The maximum Gasteiger partial charge on any atom is 0.326 e. The molecule has 0 aliphatic carbocycles. The number of likely N-dealkylation sites (tertiary alicyclic amines) is 1. The van der Waals surface area contributed by atoms with Crippen molar-refractivity contribution in [3.8, 4) is 11.5 Å². The number of imidazole rings is 2. The summed E-state index contributed by atoms with van der Waals surface area (Å²) in [5, 5.41) is 0.578. The highest BCUT2D eigenvalue weighted by molar-refractivity contribution is 6.30. The molecule has 1 aliphatic heterocycles. The molecule has 0 bridgehead atoms. The summed E-state index contributed by atoms with van der Waals surface area (Å²) in [7, 11) is 3.21. The fourth-order valence-electron chi connectivity index (χ4n) is 5.77. The van der Waals surface area contributed by atoms with Gasteiger partial charge < -0.3 is 23.8 Å². The number of halogens is 1. The Bertz CT molecular complexity index is 1730. The van der Waals surface area contributed by atoms with Crippen molar-refractivity contribution in [1.82, 2.24) is 23.8 Å². The SMILES string of the molecule is COc1cc(OC)cc(C(CC(=O)N2CCC(n3c(=O)[nH]c4ccccc43)CC2)c2cnc3ccc(Cl)cn23)c1. The third kappa shape index (κ3) is 4.81. The van der Waals surface area contributed by atoms with Crippen LogP contribution in [-0.4, -0.2) is 57.1 Å². The van der Waals surface area contributed by atoms with E-state index in [1.54, 1.807) is 26.5 Å². The topological polar surface area (TPSA) is 93.9 Å². The molecule has 6 rings (SSSR count). The maximum absolute atomic E-state index is 13.8. The predicted octanol–water partition coefficient (Wildman–Crippen LogP) is 5.03. The zero-order valence-corrected chi connectivity index (χ0v) is 23.1. The van der Waals surface area contributed by atoms with Crippen molar-refractivity contribution in [2.24, 2.45) is 0 Å². The molecule has 0 saturated carbocycles. The van der Waals surface area contributed by atoms with Gasteiger partial charge in [-0.2, -0.15) is 0 Å². The summed E-state index contributed by atoms with van der Waals surface area (Å²) in [6.07, 6.45) is 5.25. The van der Waals surface area contributed by atoms with Crippen molar-refractivity contribution in [3.63, 3.8) is 0 Å². The van der Waals surface area contributed by atoms with Gasteiger partial charge in [-0.25, -0.2) is 9.78 Å². The summed E-state index contributed by atoms with van der Waals surface area (Å²) in [4.78, 5) is 35.9. The van der Waals surface area contributed by atoms with Crippen LogP contribution < -0.4 is 15.2 Å². The molecule has 1 atom stereocenters. The van der Waals surface area contributed by atoms with E-state index < -0.39 is 0 Å². The number of carbonyl (C=O) groups excluding carboxylic acids is 1. The van der Waals surface area contributed by atoms with Gasteiger partial charge in [-0.05, 0) is 54.8 Å². The van der Waals surface area contributed by atoms with Gasteiger partial charge in [-0.1, -0.05) is 23.7 Å². The molecule has 1 N–H and O–H groups in total. The first-order chi connectivity index (χ1) is 19.4. The van der Waals surface area contributed by atoms with Gasteiger partial charge in [0.25, 0.3) is 0 Å². The Balaban J connectivity index is 1.28. The van der Waals surface area contributed by atoms with Crippen LogP contribution >= 0.6 is 11.6 Å². The molecule has 206 valence electrons. The van der Waals surface area contributed by atoms with E-state index in [9.17, 15) is 9.59 Å². The number of piperidine rings is 1. The number of rotatable bonds is 7. The number of pyridine rings is 1. The second-order valence-corrected chi connectivity index (χ2v) is 10.5. The van der Waals surface area contributed by atoms with Crippen LogP contribution in [0, 0.1) is 0 Å². The van der Waals surface area contributed by atoms with Crippen molar-refractivity contribution in [3.05, 3.63) is 93.8 Å². The first-order valence-corrected chi connectivity index (χ1v) is 13.7. The number of aromatic nitrogens is 4. The van der Waals surface area contributed by atoms with Crippen LogP contribution in [0.1, 0.15) is 42.5 Å². The van der Waals surface area contributed by atoms with Crippen LogP contribution in [0.5, 0.6) is 11.5 Å². The molecule has 5 aromatic rings. The first-order valence-electron chi connectivity index (χ1n) is 13.3. The summed E-state index contributed by atoms with van der Waals surface area (Å²) in [6.45, 7) is 1.14. The molecule has 0 spiro atoms. The number of hydrogen-bond acceptors (Lipinski definition) is 5. The highest BCUT2D eigenvalue weighted by Gasteiger charge is 2.30. The second kappa shape index (κ2) is 10.7. The molecule has 1 fully saturated rings. The molecular weight excluding hydrogens is 530 g/mol. The first kappa shape index (κ1) is 26.0. The van der Waals surface area contributed by atoms with Gasteiger partial charge in [0.1, 0.15) is 17.1 Å². The quantitative estimate of drug-likeness (QED) is 0.302. The Morgan fingerprint density at radius 2 is 1.80 bits per heavy atom. The number of H-pyrrole nitrogens is 1. The zero-order chi connectivity index (χ0) is 27.8. The summed E-state index contributed by atoms with van der Waals surface area (Å²) in [5.74, 6) is 1.000. The van der Waals surface area contributed by atoms with Crippen molar-refractivity contribution >= 4 is 34.2 Å². The van der Waals surface area contributed by atoms with Gasteiger partial charge >= 0.3 is 5.69 Å². The Morgan fingerprint density at radius 3 is 2.52 bits per heavy atom. The zero-order valence-electron chi connectivity index (χ0n) is 22.3. The molecule has 3 aromatic heterocycles. The molecule has 1 unspecified atom stereocenters. The molecule has 10 heteroatoms. The van der Waals surface area contributed by atoms with Crippen LogP contribution in [0.4, 0.5) is 0 Å². The molecule has 1 saturated heterocycles. The number of aromatic amines is 1. The predicted molar refractivity (Wildman–Crippen MR) is 154 cm³/mol. The van der Waals surface area contributed by atoms with Crippen molar-refractivity contribution in [1.29, 1.82) is 0 Å². The van der Waals surface area contributed by atoms with Crippen LogP contribution in [0.3, 0.4) is 0 Å². The van der Waals surface area contributed by atoms with E-state index in [1.807, 2.05) is 68.6 Å². The Labute approximate surface area is 235 Å². The number of carbonyl (C=O) groups is 1. The largest absolute Gasteiger partial charge is 0.497 e. The fourth-order valence-corrected chi connectivity index (χ4v) is 5.93. The van der Waals surface area contributed by atoms with Gasteiger partial charge in [0.15, 0.2) is 0 Å². The smallest absolute Gasteiger partial charge is 0.326 e. The Kier molecular flexibility index (Phi) is 6.98. The number of hydrogen-bond donors (Lipinski definition) is 1. The lowest BCUT2D eigenvalue weighted by Crippen LogP contribution is -2.41. The van der Waals surface area contributed by atoms with Gasteiger partial charge in [-0.15, -0.1) is 0 Å². The number of amides is 1. The molecule has 1 aliphatic rings. The normalized spacial score (nSPS) is 15.0. The lowest BCUT2D eigenvalue weighted by atomic mass is 9.91. The molecule has 2 aromatic carbocycles. The number of ether oxygens (including phenoxy) is 2. The van der Waals surface area contributed by atoms with Crippen LogP contribution in [0.25, 0.3) is 16.7 Å². The number of para-hydroxylation sites is 2. The van der Waals surface area contributed by atoms with Crippen LogP contribution in [0.15, 0.2) is 71.8 Å². The Hall–Kier alpha value is -4.24. The van der Waals surface area contributed by atoms with E-state index >= 15 is 0 Å². The minimum atomic E-state index is -0.320. The minimum absolute atomic E-state index is 0.0343. The molecular formula is C30H30ClN5O4. The number of methoxy groups -OCH3 is 2. The van der Waals surface area contributed by atoms with Gasteiger partial charge in [0.2, 0.25) is 5.91 Å². The summed E-state index contributed by atoms with van der Waals surface area (Å²) in [5.41, 5.74) is 4.10. The standard InChI is InChI=1S/C30H30ClN5O4/c1-39-22-13-19(14-23(15-22)40-2)24(27-17-32-28-8-7-20(31)18-35(27)28)16-29(37)34-11-9-21(10-12-34)36-26-6-4-3-5-25(26)33-30(36)38/h3-8,13-15,17-18,21,24H,9-12,16H2,1-2H3,(H,33,38). The molecule has 9 nitrogen and oxygen atoms in total. The highest BCUT2D eigenvalue weighted by Crippen LogP contribution is 2.35. The van der Waals surface area contributed by atoms with E-state index in [-0.39, 0.29) is 30.0 Å². The molecule has 4 heterocycles. The number of fused-ring (bicyclic) bond motifs is 2. The second-order valence-electron chi connectivity index (χ2n) is 10.1. The molecule has 1 amide bonds. The number of nitrogens with zero attached hydrogens (tertiary/aromatic N) is 4. The summed E-state index contributed by atoms with van der Waals surface area (Å²) in [6, 6.07) is 17.1. The fraction of sp³-hybridized carbons (Fsp3) is 0.300. The highest BCUT2D eigenvalue weighted by atomic mass is 35.5. The average molecular weight is 560 g/mol. The van der Waals surface area contributed by atoms with Gasteiger partial charge in [-0.3, -0.25) is 9.36 Å². The molecule has 0 radical (unpaired) electrons. The van der Waals surface area contributed by atoms with Gasteiger partial charge in [0.05, 0.1) is 36.0 Å².